The van der Waals surface area contributed by atoms with Gasteiger partial charge in [0.15, 0.2) is 0 Å². The molecule has 3 rings (SSSR count). The number of hydrogen-bond acceptors (Lipinski definition) is 4. The Kier molecular flexibility index (Phi) is 6.32. The smallest absolute Gasteiger partial charge is 0.226 e. The summed E-state index contributed by atoms with van der Waals surface area (Å²) < 4.78 is 5.49. The summed E-state index contributed by atoms with van der Waals surface area (Å²) in [5, 5.41) is 0. The van der Waals surface area contributed by atoms with E-state index in [0.717, 1.165) is 57.7 Å². The number of ether oxygens (including phenoxy) is 1. The fourth-order valence-electron chi connectivity index (χ4n) is 4.12. The lowest BCUT2D eigenvalue weighted by Crippen LogP contribution is -2.50. The van der Waals surface area contributed by atoms with Gasteiger partial charge in [-0.1, -0.05) is 18.6 Å². The van der Waals surface area contributed by atoms with Gasteiger partial charge < -0.3 is 15.4 Å². The molecular weight excluding hydrogens is 314 g/mol. The van der Waals surface area contributed by atoms with Crippen LogP contribution in [0, 0.1) is 11.8 Å². The van der Waals surface area contributed by atoms with E-state index in [1.165, 1.54) is 5.56 Å². The Bertz CT molecular complexity index is 553. The molecule has 5 nitrogen and oxygen atoms in total. The Balaban J connectivity index is 1.47. The molecule has 1 aliphatic heterocycles. The van der Waals surface area contributed by atoms with Crippen molar-refractivity contribution in [3.63, 3.8) is 0 Å². The zero-order chi connectivity index (χ0) is 17.6. The van der Waals surface area contributed by atoms with Crippen LogP contribution in [-0.4, -0.2) is 55.0 Å². The molecule has 0 unspecified atom stereocenters. The van der Waals surface area contributed by atoms with E-state index in [-0.39, 0.29) is 5.92 Å². The van der Waals surface area contributed by atoms with Gasteiger partial charge in [-0.05, 0) is 49.9 Å². The molecule has 1 saturated heterocycles. The largest absolute Gasteiger partial charge is 0.494 e. The Morgan fingerprint density at radius 1 is 1.16 bits per heavy atom. The number of nitrogens with zero attached hydrogens (tertiary/aromatic N) is 2. The van der Waals surface area contributed by atoms with Crippen molar-refractivity contribution >= 4 is 5.91 Å². The SMILES string of the molecule is CCOc1ccc(CN2CCN(C(=O)[C@@H]3CCC[C@@H]3CN)CC2)cc1. The van der Waals surface area contributed by atoms with Crippen LogP contribution in [0.25, 0.3) is 0 Å². The van der Waals surface area contributed by atoms with Crippen molar-refractivity contribution in [3.8, 4) is 5.75 Å². The first-order valence-electron chi connectivity index (χ1n) is 9.64. The summed E-state index contributed by atoms with van der Waals surface area (Å²) >= 11 is 0. The first-order valence-corrected chi connectivity index (χ1v) is 9.64. The first-order chi connectivity index (χ1) is 12.2. The van der Waals surface area contributed by atoms with E-state index in [0.29, 0.717) is 25.0 Å². The Labute approximate surface area is 151 Å². The van der Waals surface area contributed by atoms with Gasteiger partial charge in [-0.15, -0.1) is 0 Å². The minimum Gasteiger partial charge on any atom is -0.494 e. The molecule has 1 heterocycles. The highest BCUT2D eigenvalue weighted by Gasteiger charge is 2.35. The molecule has 2 N–H and O–H groups in total. The summed E-state index contributed by atoms with van der Waals surface area (Å²) in [6.45, 7) is 7.83. The summed E-state index contributed by atoms with van der Waals surface area (Å²) in [4.78, 5) is 17.3. The number of nitrogens with two attached hydrogens (primary N) is 1. The molecule has 1 aliphatic carbocycles. The highest BCUT2D eigenvalue weighted by Crippen LogP contribution is 2.32. The van der Waals surface area contributed by atoms with E-state index in [4.69, 9.17) is 10.5 Å². The molecule has 1 aromatic rings. The second kappa shape index (κ2) is 8.68. The highest BCUT2D eigenvalue weighted by molar-refractivity contribution is 5.79. The Hall–Kier alpha value is -1.59. The van der Waals surface area contributed by atoms with E-state index in [1.54, 1.807) is 0 Å². The minimum absolute atomic E-state index is 0.169. The fourth-order valence-corrected chi connectivity index (χ4v) is 4.12. The molecule has 25 heavy (non-hydrogen) atoms. The van der Waals surface area contributed by atoms with Crippen molar-refractivity contribution in [2.24, 2.45) is 17.6 Å². The minimum atomic E-state index is 0.169. The summed E-state index contributed by atoms with van der Waals surface area (Å²) in [6, 6.07) is 8.33. The lowest BCUT2D eigenvalue weighted by atomic mass is 9.94. The van der Waals surface area contributed by atoms with Crippen LogP contribution in [0.1, 0.15) is 31.7 Å². The third-order valence-corrected chi connectivity index (χ3v) is 5.60. The predicted molar refractivity (Wildman–Crippen MR) is 99.4 cm³/mol. The van der Waals surface area contributed by atoms with Crippen molar-refractivity contribution in [1.29, 1.82) is 0 Å². The van der Waals surface area contributed by atoms with Gasteiger partial charge in [0.25, 0.3) is 0 Å². The van der Waals surface area contributed by atoms with Gasteiger partial charge in [0, 0.05) is 38.6 Å². The Morgan fingerprint density at radius 2 is 1.88 bits per heavy atom. The van der Waals surface area contributed by atoms with Crippen LogP contribution in [0.5, 0.6) is 5.75 Å². The van der Waals surface area contributed by atoms with Gasteiger partial charge in [-0.25, -0.2) is 0 Å². The van der Waals surface area contributed by atoms with Crippen LogP contribution < -0.4 is 10.5 Å². The lowest BCUT2D eigenvalue weighted by Gasteiger charge is -2.36. The van der Waals surface area contributed by atoms with E-state index in [9.17, 15) is 4.79 Å². The van der Waals surface area contributed by atoms with Gasteiger partial charge in [0.1, 0.15) is 5.75 Å². The van der Waals surface area contributed by atoms with Crippen LogP contribution in [0.3, 0.4) is 0 Å². The number of hydrogen-bond donors (Lipinski definition) is 1. The fraction of sp³-hybridized carbons (Fsp3) is 0.650. The third-order valence-electron chi connectivity index (χ3n) is 5.60. The second-order valence-corrected chi connectivity index (χ2v) is 7.21. The molecular formula is C20H31N3O2. The van der Waals surface area contributed by atoms with Crippen molar-refractivity contribution in [3.05, 3.63) is 29.8 Å². The van der Waals surface area contributed by atoms with Crippen molar-refractivity contribution < 1.29 is 9.53 Å². The van der Waals surface area contributed by atoms with Gasteiger partial charge in [-0.3, -0.25) is 9.69 Å². The number of piperazine rings is 1. The maximum absolute atomic E-state index is 12.8. The van der Waals surface area contributed by atoms with Crippen LogP contribution in [0.15, 0.2) is 24.3 Å². The molecule has 0 bridgehead atoms. The quantitative estimate of drug-likeness (QED) is 0.858. The van der Waals surface area contributed by atoms with Gasteiger partial charge >= 0.3 is 0 Å². The highest BCUT2D eigenvalue weighted by atomic mass is 16.5. The molecule has 2 aliphatic rings. The Morgan fingerprint density at radius 3 is 2.52 bits per heavy atom. The second-order valence-electron chi connectivity index (χ2n) is 7.21. The number of carbonyl (C=O) groups is 1. The van der Waals surface area contributed by atoms with E-state index >= 15 is 0 Å². The van der Waals surface area contributed by atoms with Crippen LogP contribution in [0.2, 0.25) is 0 Å². The zero-order valence-corrected chi connectivity index (χ0v) is 15.3. The molecule has 2 fully saturated rings. The molecule has 0 aromatic heterocycles. The lowest BCUT2D eigenvalue weighted by molar-refractivity contribution is -0.138. The summed E-state index contributed by atoms with van der Waals surface area (Å²) in [5.74, 6) is 1.83. The normalized spacial score (nSPS) is 24.5. The number of amides is 1. The molecule has 1 amide bonds. The van der Waals surface area contributed by atoms with Gasteiger partial charge in [0.2, 0.25) is 5.91 Å². The van der Waals surface area contributed by atoms with Crippen LogP contribution in [-0.2, 0) is 11.3 Å². The topological polar surface area (TPSA) is 58.8 Å². The molecule has 0 spiro atoms. The van der Waals surface area contributed by atoms with Crippen molar-refractivity contribution in [1.82, 2.24) is 9.80 Å². The van der Waals surface area contributed by atoms with Crippen LogP contribution in [0.4, 0.5) is 0 Å². The molecule has 2 atom stereocenters. The first kappa shape index (κ1) is 18.2. The number of rotatable bonds is 6. The van der Waals surface area contributed by atoms with Crippen LogP contribution >= 0.6 is 0 Å². The summed E-state index contributed by atoms with van der Waals surface area (Å²) in [6.07, 6.45) is 3.29. The van der Waals surface area contributed by atoms with E-state index in [2.05, 4.69) is 21.9 Å². The molecule has 0 radical (unpaired) electrons. The maximum atomic E-state index is 12.8. The van der Waals surface area contributed by atoms with Crippen molar-refractivity contribution in [2.75, 3.05) is 39.3 Å². The monoisotopic (exact) mass is 345 g/mol. The third kappa shape index (κ3) is 4.53. The standard InChI is InChI=1S/C20H31N3O2/c1-2-25-18-8-6-16(7-9-18)15-22-10-12-23(13-11-22)20(24)19-5-3-4-17(19)14-21/h6-9,17,19H,2-5,10-15,21H2,1H3/t17-,19-/m1/s1. The average molecular weight is 345 g/mol. The van der Waals surface area contributed by atoms with E-state index < -0.39 is 0 Å². The summed E-state index contributed by atoms with van der Waals surface area (Å²) in [5.41, 5.74) is 7.13. The maximum Gasteiger partial charge on any atom is 0.226 e. The molecule has 138 valence electrons. The average Bonchev–Trinajstić information content (AvgIpc) is 3.12. The number of carbonyl (C=O) groups excluding carboxylic acids is 1. The van der Waals surface area contributed by atoms with Gasteiger partial charge in [-0.2, -0.15) is 0 Å². The molecule has 5 heteroatoms. The molecule has 1 saturated carbocycles. The zero-order valence-electron chi connectivity index (χ0n) is 15.3. The van der Waals surface area contributed by atoms with E-state index in [1.807, 2.05) is 19.1 Å². The summed E-state index contributed by atoms with van der Waals surface area (Å²) in [7, 11) is 0. The van der Waals surface area contributed by atoms with Gasteiger partial charge in [0.05, 0.1) is 6.61 Å². The molecule has 1 aromatic carbocycles. The predicted octanol–water partition coefficient (Wildman–Crippen LogP) is 2.10. The van der Waals surface area contributed by atoms with Crippen molar-refractivity contribution in [2.45, 2.75) is 32.7 Å². The number of benzene rings is 1.